The van der Waals surface area contributed by atoms with Crippen LogP contribution < -0.4 is 30.7 Å². The number of amides is 2. The molecule has 318 valence electrons. The predicted octanol–water partition coefficient (Wildman–Crippen LogP) is 10.7. The van der Waals surface area contributed by atoms with Gasteiger partial charge in [-0.15, -0.1) is 0 Å². The van der Waals surface area contributed by atoms with Gasteiger partial charge in [-0.05, 0) is 72.9 Å². The number of rotatable bonds is 35. The maximum atomic E-state index is 13.1. The molecule has 0 unspecified atom stereocenters. The maximum absolute atomic E-state index is 13.1. The SMILES string of the molecule is CCCCCCCCCCOc1ccc(CN[C@H](C(=O)NCCCCNC(=O)[C@@H](NCc2ccc(OCCCCCCCCCC)cc2)C(C)C)C(C)C)cc1. The summed E-state index contributed by atoms with van der Waals surface area (Å²) in [7, 11) is 0. The fourth-order valence-corrected chi connectivity index (χ4v) is 6.87. The molecule has 0 heterocycles. The maximum Gasteiger partial charge on any atom is 0.237 e. The first-order chi connectivity index (χ1) is 27.2. The smallest absolute Gasteiger partial charge is 0.237 e. The van der Waals surface area contributed by atoms with Gasteiger partial charge in [0.1, 0.15) is 11.5 Å². The van der Waals surface area contributed by atoms with Gasteiger partial charge in [0.25, 0.3) is 0 Å². The summed E-state index contributed by atoms with van der Waals surface area (Å²) < 4.78 is 11.9. The molecule has 0 radical (unpaired) electrons. The van der Waals surface area contributed by atoms with Gasteiger partial charge >= 0.3 is 0 Å². The molecule has 0 saturated heterocycles. The Morgan fingerprint density at radius 3 is 1.11 bits per heavy atom. The molecule has 8 nitrogen and oxygen atoms in total. The molecule has 0 bridgehead atoms. The van der Waals surface area contributed by atoms with E-state index in [2.05, 4.69) is 87.1 Å². The molecule has 4 N–H and O–H groups in total. The second-order valence-corrected chi connectivity index (χ2v) is 16.4. The van der Waals surface area contributed by atoms with Crippen molar-refractivity contribution in [1.29, 1.82) is 0 Å². The van der Waals surface area contributed by atoms with E-state index >= 15 is 0 Å². The van der Waals surface area contributed by atoms with Crippen LogP contribution in [0.1, 0.15) is 168 Å². The van der Waals surface area contributed by atoms with Crippen LogP contribution in [0.4, 0.5) is 0 Å². The van der Waals surface area contributed by atoms with Crippen molar-refractivity contribution in [1.82, 2.24) is 21.3 Å². The first kappa shape index (κ1) is 49.0. The lowest BCUT2D eigenvalue weighted by atomic mass is 10.0. The first-order valence-electron chi connectivity index (χ1n) is 22.7. The van der Waals surface area contributed by atoms with Gasteiger partial charge in [-0.3, -0.25) is 9.59 Å². The number of hydrogen-bond donors (Lipinski definition) is 4. The largest absolute Gasteiger partial charge is 0.494 e. The Labute approximate surface area is 342 Å². The van der Waals surface area contributed by atoms with Gasteiger partial charge in [-0.25, -0.2) is 0 Å². The van der Waals surface area contributed by atoms with Crippen molar-refractivity contribution in [3.63, 3.8) is 0 Å². The summed E-state index contributed by atoms with van der Waals surface area (Å²) in [5, 5.41) is 13.1. The number of unbranched alkanes of at least 4 members (excludes halogenated alkanes) is 15. The minimum absolute atomic E-state index is 0.0153. The molecule has 2 rings (SSSR count). The molecular formula is C48H82N4O4. The number of benzene rings is 2. The average Bonchev–Trinajstić information content (AvgIpc) is 3.19. The lowest BCUT2D eigenvalue weighted by Gasteiger charge is -2.22. The fourth-order valence-electron chi connectivity index (χ4n) is 6.87. The van der Waals surface area contributed by atoms with Gasteiger partial charge in [0.15, 0.2) is 0 Å². The van der Waals surface area contributed by atoms with E-state index < -0.39 is 0 Å². The normalized spacial score (nSPS) is 12.5. The summed E-state index contributed by atoms with van der Waals surface area (Å²) in [5.74, 6) is 2.14. The van der Waals surface area contributed by atoms with E-state index in [4.69, 9.17) is 9.47 Å². The van der Waals surface area contributed by atoms with Crippen LogP contribution in [0.2, 0.25) is 0 Å². The summed E-state index contributed by atoms with van der Waals surface area (Å²) in [6.45, 7) is 16.7. The second kappa shape index (κ2) is 31.9. The minimum atomic E-state index is -0.283. The van der Waals surface area contributed by atoms with Crippen molar-refractivity contribution in [3.05, 3.63) is 59.7 Å². The lowest BCUT2D eigenvalue weighted by molar-refractivity contribution is -0.125. The monoisotopic (exact) mass is 779 g/mol. The molecule has 2 aromatic rings. The Morgan fingerprint density at radius 2 is 0.786 bits per heavy atom. The average molecular weight is 779 g/mol. The van der Waals surface area contributed by atoms with Crippen LogP contribution in [0.25, 0.3) is 0 Å². The Balaban J connectivity index is 1.59. The van der Waals surface area contributed by atoms with Crippen molar-refractivity contribution in [3.8, 4) is 11.5 Å². The van der Waals surface area contributed by atoms with E-state index in [1.165, 1.54) is 89.9 Å². The van der Waals surface area contributed by atoms with Crippen molar-refractivity contribution in [2.75, 3.05) is 26.3 Å². The highest BCUT2D eigenvalue weighted by Crippen LogP contribution is 2.16. The highest BCUT2D eigenvalue weighted by molar-refractivity contribution is 5.82. The Morgan fingerprint density at radius 1 is 0.464 bits per heavy atom. The number of carbonyl (C=O) groups is 2. The number of hydrogen-bond acceptors (Lipinski definition) is 6. The molecule has 56 heavy (non-hydrogen) atoms. The fraction of sp³-hybridized carbons (Fsp3) is 0.708. The summed E-state index contributed by atoms with van der Waals surface area (Å²) in [6.07, 6.45) is 22.3. The Kier molecular flexibility index (Phi) is 28.0. The topological polar surface area (TPSA) is 101 Å². The molecule has 0 aromatic heterocycles. The van der Waals surface area contributed by atoms with Crippen molar-refractivity contribution < 1.29 is 19.1 Å². The van der Waals surface area contributed by atoms with Crippen LogP contribution in [0.15, 0.2) is 48.5 Å². The third-order valence-corrected chi connectivity index (χ3v) is 10.5. The molecule has 0 fully saturated rings. The van der Waals surface area contributed by atoms with E-state index in [0.717, 1.165) is 61.5 Å². The standard InChI is InChI=1S/C48H82N4O4/c1-7-9-11-13-15-17-19-23-35-55-43-29-25-41(26-30-43)37-51-45(39(3)4)47(53)49-33-21-22-34-50-48(54)46(40(5)6)52-38-42-27-31-44(32-28-42)56-36-24-20-18-16-14-12-10-8-2/h25-32,39-40,45-46,51-52H,7-24,33-38H2,1-6H3,(H,49,53)(H,50,54)/t45-,46-/m0/s1. The highest BCUT2D eigenvalue weighted by atomic mass is 16.5. The van der Waals surface area contributed by atoms with Crippen LogP contribution in [-0.2, 0) is 22.7 Å². The number of carbonyl (C=O) groups excluding carboxylic acids is 2. The van der Waals surface area contributed by atoms with Gasteiger partial charge in [0.2, 0.25) is 11.8 Å². The van der Waals surface area contributed by atoms with Crippen molar-refractivity contribution in [2.24, 2.45) is 11.8 Å². The molecule has 2 atom stereocenters. The Bertz CT molecular complexity index is 1150. The van der Waals surface area contributed by atoms with Crippen LogP contribution in [0, 0.1) is 11.8 Å². The van der Waals surface area contributed by atoms with Crippen LogP contribution in [0.5, 0.6) is 11.5 Å². The molecule has 0 saturated carbocycles. The van der Waals surface area contributed by atoms with E-state index in [1.54, 1.807) is 0 Å². The zero-order valence-electron chi connectivity index (χ0n) is 36.5. The van der Waals surface area contributed by atoms with E-state index in [1.807, 2.05) is 24.3 Å². The van der Waals surface area contributed by atoms with Gasteiger partial charge in [-0.1, -0.05) is 156 Å². The lowest BCUT2D eigenvalue weighted by Crippen LogP contribution is -2.48. The number of ether oxygens (including phenoxy) is 2. The molecule has 0 aliphatic heterocycles. The quantitative estimate of drug-likeness (QED) is 0.0520. The van der Waals surface area contributed by atoms with Gasteiger partial charge < -0.3 is 30.7 Å². The molecule has 0 aliphatic carbocycles. The molecule has 0 aliphatic rings. The van der Waals surface area contributed by atoms with Gasteiger partial charge in [0, 0.05) is 26.2 Å². The van der Waals surface area contributed by atoms with E-state index in [-0.39, 0.29) is 35.7 Å². The second-order valence-electron chi connectivity index (χ2n) is 16.4. The first-order valence-corrected chi connectivity index (χ1v) is 22.7. The highest BCUT2D eigenvalue weighted by Gasteiger charge is 2.22. The third-order valence-electron chi connectivity index (χ3n) is 10.5. The molecule has 2 amide bonds. The summed E-state index contributed by atoms with van der Waals surface area (Å²) in [5.41, 5.74) is 2.25. The molecule has 0 spiro atoms. The molecule has 8 heteroatoms. The zero-order valence-corrected chi connectivity index (χ0v) is 36.5. The summed E-state index contributed by atoms with van der Waals surface area (Å²) in [6, 6.07) is 15.8. The molecule has 2 aromatic carbocycles. The minimum Gasteiger partial charge on any atom is -0.494 e. The van der Waals surface area contributed by atoms with Gasteiger partial charge in [0.05, 0.1) is 25.3 Å². The van der Waals surface area contributed by atoms with E-state index in [9.17, 15) is 9.59 Å². The third kappa shape index (κ3) is 23.2. The van der Waals surface area contributed by atoms with Crippen LogP contribution >= 0.6 is 0 Å². The van der Waals surface area contributed by atoms with Crippen LogP contribution in [0.3, 0.4) is 0 Å². The Hall–Kier alpha value is -3.10. The molecular weight excluding hydrogens is 697 g/mol. The summed E-state index contributed by atoms with van der Waals surface area (Å²) in [4.78, 5) is 26.1. The number of nitrogens with one attached hydrogen (secondary N) is 4. The predicted molar refractivity (Wildman–Crippen MR) is 235 cm³/mol. The van der Waals surface area contributed by atoms with E-state index in [0.29, 0.717) is 26.2 Å². The van der Waals surface area contributed by atoms with Crippen molar-refractivity contribution >= 4 is 11.8 Å². The van der Waals surface area contributed by atoms with Crippen molar-refractivity contribution in [2.45, 2.75) is 182 Å². The zero-order chi connectivity index (χ0) is 40.6. The van der Waals surface area contributed by atoms with Gasteiger partial charge in [-0.2, -0.15) is 0 Å². The summed E-state index contributed by atoms with van der Waals surface area (Å²) >= 11 is 0. The van der Waals surface area contributed by atoms with Crippen LogP contribution in [-0.4, -0.2) is 50.2 Å².